The van der Waals surface area contributed by atoms with Crippen molar-refractivity contribution >= 4 is 44.7 Å². The molecule has 0 radical (unpaired) electrons. The number of ether oxygens (including phenoxy) is 1. The highest BCUT2D eigenvalue weighted by molar-refractivity contribution is 7.21. The first kappa shape index (κ1) is 26.6. The molecule has 200 valence electrons. The van der Waals surface area contributed by atoms with Crippen molar-refractivity contribution in [3.05, 3.63) is 44.8 Å². The molecule has 0 spiro atoms. The number of thiophene rings is 1. The Labute approximate surface area is 217 Å². The Morgan fingerprint density at radius 1 is 1.26 bits per heavy atom. The molecule has 0 aliphatic rings. The van der Waals surface area contributed by atoms with E-state index in [-0.39, 0.29) is 45.3 Å². The van der Waals surface area contributed by atoms with Crippen molar-refractivity contribution in [1.29, 1.82) is 0 Å². The number of nitro groups is 1. The zero-order chi connectivity index (χ0) is 27.7. The largest absolute Gasteiger partial charge is 0.475 e. The molecule has 0 aliphatic heterocycles. The summed E-state index contributed by atoms with van der Waals surface area (Å²) >= 11 is 0.789. The molecule has 4 heterocycles. The van der Waals surface area contributed by atoms with Crippen LogP contribution in [0, 0.1) is 17.0 Å². The van der Waals surface area contributed by atoms with Gasteiger partial charge in [0, 0.05) is 30.1 Å². The molecule has 0 unspecified atom stereocenters. The van der Waals surface area contributed by atoms with Gasteiger partial charge in [-0.15, -0.1) is 16.4 Å². The third kappa shape index (κ3) is 5.02. The summed E-state index contributed by atoms with van der Waals surface area (Å²) in [5.74, 6) is -1.65. The van der Waals surface area contributed by atoms with E-state index >= 15 is 0 Å². The fourth-order valence-electron chi connectivity index (χ4n) is 3.87. The number of methoxy groups -OCH3 is 1. The fourth-order valence-corrected chi connectivity index (χ4v) is 4.89. The second-order valence-corrected chi connectivity index (χ2v) is 9.07. The number of anilines is 1. The van der Waals surface area contributed by atoms with Crippen LogP contribution in [0.15, 0.2) is 18.5 Å². The van der Waals surface area contributed by atoms with E-state index in [1.165, 1.54) is 17.9 Å². The number of halogens is 2. The Hall–Kier alpha value is -4.47. The summed E-state index contributed by atoms with van der Waals surface area (Å²) in [6.45, 7) is 4.07. The molecule has 38 heavy (non-hydrogen) atoms. The predicted octanol–water partition coefficient (Wildman–Crippen LogP) is 3.67. The minimum absolute atomic E-state index is 0.0403. The van der Waals surface area contributed by atoms with Crippen molar-refractivity contribution in [3.63, 3.8) is 0 Å². The van der Waals surface area contributed by atoms with Crippen molar-refractivity contribution < 1.29 is 28.0 Å². The molecule has 2 amide bonds. The molecule has 0 aromatic carbocycles. The van der Waals surface area contributed by atoms with Crippen LogP contribution in [0.25, 0.3) is 21.3 Å². The molecule has 4 aromatic heterocycles. The van der Waals surface area contributed by atoms with Gasteiger partial charge in [0.15, 0.2) is 0 Å². The number of primary amides is 1. The van der Waals surface area contributed by atoms with Gasteiger partial charge in [-0.2, -0.15) is 5.10 Å². The third-order valence-electron chi connectivity index (χ3n) is 5.62. The Morgan fingerprint density at radius 3 is 2.55 bits per heavy atom. The molecule has 0 bridgehead atoms. The average Bonchev–Trinajstić information content (AvgIpc) is 3.57. The molecule has 13 nitrogen and oxygen atoms in total. The second-order valence-electron chi connectivity index (χ2n) is 8.07. The number of alkyl halides is 2. The zero-order valence-electron chi connectivity index (χ0n) is 20.4. The quantitative estimate of drug-likeness (QED) is 0.223. The lowest BCUT2D eigenvalue weighted by Gasteiger charge is -2.10. The molecule has 0 saturated carbocycles. The normalized spacial score (nSPS) is 11.3. The van der Waals surface area contributed by atoms with Gasteiger partial charge in [0.05, 0.1) is 30.0 Å². The van der Waals surface area contributed by atoms with Crippen LogP contribution in [0.1, 0.15) is 40.8 Å². The number of hydrogen-bond acceptors (Lipinski definition) is 9. The minimum Gasteiger partial charge on any atom is -0.475 e. The van der Waals surface area contributed by atoms with Gasteiger partial charge in [-0.1, -0.05) is 0 Å². The molecule has 0 fully saturated rings. The molecule has 0 atom stereocenters. The Balaban J connectivity index is 1.75. The molecule has 0 aliphatic carbocycles. The van der Waals surface area contributed by atoms with Crippen molar-refractivity contribution in [2.24, 2.45) is 5.73 Å². The van der Waals surface area contributed by atoms with Crippen LogP contribution >= 0.6 is 11.3 Å². The number of amides is 2. The van der Waals surface area contributed by atoms with Crippen LogP contribution < -0.4 is 15.8 Å². The Kier molecular flexibility index (Phi) is 7.34. The van der Waals surface area contributed by atoms with Gasteiger partial charge in [-0.05, 0) is 25.5 Å². The lowest BCUT2D eigenvalue weighted by atomic mass is 10.0. The molecule has 4 aromatic rings. The summed E-state index contributed by atoms with van der Waals surface area (Å²) in [6.07, 6.45) is -0.262. The molecular weight excluding hydrogens is 526 g/mol. The maximum absolute atomic E-state index is 13.7. The SMILES string of the molecule is CCn1cc(-c2cc(C(F)F)nc3sc(C(N)=O)c(NC(=O)CCn4cc([N+](=O)[O-])c(OC)n4)c23)c(C)n1. The summed E-state index contributed by atoms with van der Waals surface area (Å²) in [5, 5.41) is 22.3. The minimum atomic E-state index is -2.88. The van der Waals surface area contributed by atoms with Crippen molar-refractivity contribution in [1.82, 2.24) is 24.5 Å². The summed E-state index contributed by atoms with van der Waals surface area (Å²) in [7, 11) is 1.23. The first-order valence-corrected chi connectivity index (χ1v) is 12.0. The van der Waals surface area contributed by atoms with Gasteiger partial charge in [0.25, 0.3) is 12.3 Å². The van der Waals surface area contributed by atoms with E-state index in [1.54, 1.807) is 17.8 Å². The van der Waals surface area contributed by atoms with E-state index in [0.717, 1.165) is 17.5 Å². The highest BCUT2D eigenvalue weighted by atomic mass is 32.1. The Bertz CT molecular complexity index is 1560. The van der Waals surface area contributed by atoms with Crippen LogP contribution in [0.2, 0.25) is 0 Å². The topological polar surface area (TPSA) is 173 Å². The highest BCUT2D eigenvalue weighted by Crippen LogP contribution is 2.43. The van der Waals surface area contributed by atoms with E-state index in [4.69, 9.17) is 10.5 Å². The number of nitrogens with two attached hydrogens (primary N) is 1. The molecule has 0 saturated heterocycles. The van der Waals surface area contributed by atoms with Gasteiger partial charge in [-0.25, -0.2) is 13.8 Å². The number of fused-ring (bicyclic) bond motifs is 1. The van der Waals surface area contributed by atoms with Crippen molar-refractivity contribution in [2.75, 3.05) is 12.4 Å². The van der Waals surface area contributed by atoms with Gasteiger partial charge in [0.2, 0.25) is 5.91 Å². The fraction of sp³-hybridized carbons (Fsp3) is 0.318. The predicted molar refractivity (Wildman–Crippen MR) is 133 cm³/mol. The number of carbonyl (C=O) groups excluding carboxylic acids is 2. The summed E-state index contributed by atoms with van der Waals surface area (Å²) in [6, 6.07) is 1.21. The summed E-state index contributed by atoms with van der Waals surface area (Å²) in [5.41, 5.74) is 6.14. The van der Waals surface area contributed by atoms with E-state index in [9.17, 15) is 28.5 Å². The first-order valence-electron chi connectivity index (χ1n) is 11.2. The van der Waals surface area contributed by atoms with Crippen LogP contribution in [-0.4, -0.2) is 48.4 Å². The summed E-state index contributed by atoms with van der Waals surface area (Å²) in [4.78, 5) is 39.7. The number of rotatable bonds is 10. The lowest BCUT2D eigenvalue weighted by molar-refractivity contribution is -0.385. The average molecular weight is 549 g/mol. The van der Waals surface area contributed by atoms with Gasteiger partial charge in [-0.3, -0.25) is 29.1 Å². The summed E-state index contributed by atoms with van der Waals surface area (Å²) < 4.78 is 35.1. The van der Waals surface area contributed by atoms with E-state index in [0.29, 0.717) is 23.4 Å². The molecule has 16 heteroatoms. The zero-order valence-corrected chi connectivity index (χ0v) is 21.2. The van der Waals surface area contributed by atoms with Crippen LogP contribution in [0.4, 0.5) is 20.2 Å². The van der Waals surface area contributed by atoms with Crippen LogP contribution in [-0.2, 0) is 17.9 Å². The van der Waals surface area contributed by atoms with Crippen LogP contribution in [0.5, 0.6) is 5.88 Å². The number of pyridine rings is 1. The number of aryl methyl sites for hydroxylation is 3. The third-order valence-corrected chi connectivity index (χ3v) is 6.72. The maximum Gasteiger partial charge on any atom is 0.350 e. The lowest BCUT2D eigenvalue weighted by Crippen LogP contribution is -2.18. The Morgan fingerprint density at radius 2 is 2.00 bits per heavy atom. The van der Waals surface area contributed by atoms with Gasteiger partial charge in [0.1, 0.15) is 21.6 Å². The first-order chi connectivity index (χ1) is 18.0. The van der Waals surface area contributed by atoms with E-state index < -0.39 is 28.9 Å². The number of aromatic nitrogens is 5. The van der Waals surface area contributed by atoms with Gasteiger partial charge < -0.3 is 15.8 Å². The van der Waals surface area contributed by atoms with Crippen LogP contribution in [0.3, 0.4) is 0 Å². The maximum atomic E-state index is 13.7. The number of nitrogens with one attached hydrogen (secondary N) is 1. The monoisotopic (exact) mass is 548 g/mol. The number of carbonyl (C=O) groups is 2. The van der Waals surface area contributed by atoms with E-state index in [1.807, 2.05) is 6.92 Å². The van der Waals surface area contributed by atoms with Crippen molar-refractivity contribution in [3.8, 4) is 17.0 Å². The highest BCUT2D eigenvalue weighted by Gasteiger charge is 2.26. The molecular formula is C22H22F2N8O5S. The van der Waals surface area contributed by atoms with Crippen molar-refractivity contribution in [2.45, 2.75) is 39.8 Å². The molecule has 4 rings (SSSR count). The smallest absolute Gasteiger partial charge is 0.350 e. The van der Waals surface area contributed by atoms with Gasteiger partial charge >= 0.3 is 11.6 Å². The number of hydrogen-bond donors (Lipinski definition) is 2. The second kappa shape index (κ2) is 10.5. The molecule has 3 N–H and O–H groups in total. The number of nitrogens with zero attached hydrogens (tertiary/aromatic N) is 6. The standard InChI is InChI=1S/C22H22F2N8O5S/c1-4-30-8-12(10(2)28-30)11-7-13(19(23)24)26-22-16(11)17(18(38-22)20(25)34)27-15(33)5-6-31-9-14(32(35)36)21(29-31)37-3/h7-9,19H,4-6H2,1-3H3,(H2,25,34)(H,27,33). The van der Waals surface area contributed by atoms with E-state index in [2.05, 4.69) is 20.5 Å².